The number of primary amides is 1. The molecule has 0 radical (unpaired) electrons. The summed E-state index contributed by atoms with van der Waals surface area (Å²) in [7, 11) is 0. The maximum Gasteiger partial charge on any atom is 0.223 e. The van der Waals surface area contributed by atoms with Gasteiger partial charge in [-0.25, -0.2) is 0 Å². The summed E-state index contributed by atoms with van der Waals surface area (Å²) in [5.74, 6) is 0.797. The van der Waals surface area contributed by atoms with Gasteiger partial charge in [0.1, 0.15) is 0 Å². The Morgan fingerprint density at radius 2 is 2.46 bits per heavy atom. The molecule has 1 aromatic heterocycles. The van der Waals surface area contributed by atoms with Crippen molar-refractivity contribution in [3.63, 3.8) is 0 Å². The van der Waals surface area contributed by atoms with Crippen LogP contribution in [0, 0.1) is 6.92 Å². The molecular weight excluding hydrogens is 172 g/mol. The number of aromatic nitrogens is 2. The van der Waals surface area contributed by atoms with Gasteiger partial charge in [-0.1, -0.05) is 5.16 Å². The molecule has 0 saturated carbocycles. The number of carbonyl (C=O) groups is 1. The molecule has 0 aliphatic rings. The fourth-order valence-corrected chi connectivity index (χ4v) is 0.825. The minimum absolute atomic E-state index is 0.316. The Kier molecular flexibility index (Phi) is 3.39. The monoisotopic (exact) mass is 184 g/mol. The number of rotatable bonds is 5. The lowest BCUT2D eigenvalue weighted by atomic mass is 10.4. The van der Waals surface area contributed by atoms with Crippen LogP contribution in [-0.4, -0.2) is 22.6 Å². The van der Waals surface area contributed by atoms with Crippen molar-refractivity contribution in [3.8, 4) is 0 Å². The molecule has 0 aliphatic heterocycles. The van der Waals surface area contributed by atoms with Crippen LogP contribution in [-0.2, 0) is 11.3 Å². The highest BCUT2D eigenvalue weighted by Gasteiger charge is 2.00. The number of aryl methyl sites for hydroxylation is 1. The van der Waals surface area contributed by atoms with E-state index in [4.69, 9.17) is 10.3 Å². The summed E-state index contributed by atoms with van der Waals surface area (Å²) in [5.41, 5.74) is 4.95. The molecule has 0 aromatic carbocycles. The number of carbonyl (C=O) groups excluding carboxylic acids is 1. The van der Waals surface area contributed by atoms with Crippen molar-refractivity contribution in [2.45, 2.75) is 19.9 Å². The number of nitrogens with one attached hydrogen (secondary N) is 1. The lowest BCUT2D eigenvalue weighted by Crippen LogP contribution is -2.22. The molecule has 1 aromatic rings. The fraction of sp³-hybridized carbons (Fsp3) is 0.571. The largest absolute Gasteiger partial charge is 0.370 e. The Balaban J connectivity index is 2.16. The molecule has 0 bridgehead atoms. The third kappa shape index (κ3) is 3.66. The van der Waals surface area contributed by atoms with Crippen LogP contribution in [0.15, 0.2) is 4.52 Å². The molecule has 0 saturated heterocycles. The molecular formula is C7H12N4O2. The molecule has 1 rings (SSSR count). The minimum atomic E-state index is -0.322. The van der Waals surface area contributed by atoms with E-state index in [2.05, 4.69) is 15.5 Å². The summed E-state index contributed by atoms with van der Waals surface area (Å²) in [6, 6.07) is 0. The van der Waals surface area contributed by atoms with Gasteiger partial charge in [-0.2, -0.15) is 4.98 Å². The van der Waals surface area contributed by atoms with Crippen LogP contribution >= 0.6 is 0 Å². The third-order valence-electron chi connectivity index (χ3n) is 1.40. The molecule has 13 heavy (non-hydrogen) atoms. The Bertz CT molecular complexity index is 284. The lowest BCUT2D eigenvalue weighted by Gasteiger charge is -1.97. The summed E-state index contributed by atoms with van der Waals surface area (Å²) in [6.45, 7) is 2.74. The van der Waals surface area contributed by atoms with Gasteiger partial charge in [0, 0.05) is 19.9 Å². The van der Waals surface area contributed by atoms with Gasteiger partial charge >= 0.3 is 0 Å². The van der Waals surface area contributed by atoms with E-state index in [0.717, 1.165) is 0 Å². The van der Waals surface area contributed by atoms with E-state index < -0.39 is 0 Å². The zero-order valence-corrected chi connectivity index (χ0v) is 7.41. The first kappa shape index (κ1) is 9.66. The van der Waals surface area contributed by atoms with E-state index in [1.807, 2.05) is 0 Å². The molecule has 0 atom stereocenters. The molecule has 0 unspecified atom stereocenters. The highest BCUT2D eigenvalue weighted by Crippen LogP contribution is 1.93. The maximum absolute atomic E-state index is 10.3. The minimum Gasteiger partial charge on any atom is -0.370 e. The molecule has 0 spiro atoms. The first-order valence-corrected chi connectivity index (χ1v) is 3.96. The number of amides is 1. The van der Waals surface area contributed by atoms with Crippen molar-refractivity contribution in [1.29, 1.82) is 0 Å². The van der Waals surface area contributed by atoms with E-state index in [1.54, 1.807) is 6.92 Å². The Hall–Kier alpha value is -1.43. The van der Waals surface area contributed by atoms with Crippen LogP contribution in [0.4, 0.5) is 0 Å². The predicted molar refractivity (Wildman–Crippen MR) is 44.6 cm³/mol. The van der Waals surface area contributed by atoms with Gasteiger partial charge in [-0.3, -0.25) is 4.79 Å². The third-order valence-corrected chi connectivity index (χ3v) is 1.40. The maximum atomic E-state index is 10.3. The summed E-state index contributed by atoms with van der Waals surface area (Å²) in [6.07, 6.45) is 0.316. The van der Waals surface area contributed by atoms with Crippen molar-refractivity contribution < 1.29 is 9.32 Å². The second-order valence-electron chi connectivity index (χ2n) is 2.62. The Labute approximate surface area is 75.5 Å². The Morgan fingerprint density at radius 3 is 3.00 bits per heavy atom. The fourth-order valence-electron chi connectivity index (χ4n) is 0.825. The van der Waals surface area contributed by atoms with Crippen LogP contribution in [0.5, 0.6) is 0 Å². The van der Waals surface area contributed by atoms with E-state index in [1.165, 1.54) is 0 Å². The van der Waals surface area contributed by atoms with Crippen LogP contribution in [0.25, 0.3) is 0 Å². The summed E-state index contributed by atoms with van der Waals surface area (Å²) >= 11 is 0. The second-order valence-corrected chi connectivity index (χ2v) is 2.62. The average molecular weight is 184 g/mol. The van der Waals surface area contributed by atoms with Gasteiger partial charge in [0.2, 0.25) is 11.8 Å². The zero-order valence-electron chi connectivity index (χ0n) is 7.41. The molecule has 6 heteroatoms. The molecule has 0 aliphatic carbocycles. The summed E-state index contributed by atoms with van der Waals surface area (Å²) in [5, 5.41) is 6.63. The van der Waals surface area contributed by atoms with Crippen LogP contribution < -0.4 is 11.1 Å². The van der Waals surface area contributed by atoms with Crippen molar-refractivity contribution in [1.82, 2.24) is 15.5 Å². The zero-order chi connectivity index (χ0) is 9.68. The normalized spacial score (nSPS) is 10.2. The first-order chi connectivity index (χ1) is 6.18. The molecule has 3 N–H and O–H groups in total. The highest BCUT2D eigenvalue weighted by atomic mass is 16.5. The molecule has 0 fully saturated rings. The molecule has 1 heterocycles. The van der Waals surface area contributed by atoms with E-state index in [9.17, 15) is 4.79 Å². The van der Waals surface area contributed by atoms with Crippen molar-refractivity contribution >= 4 is 5.91 Å². The lowest BCUT2D eigenvalue weighted by molar-refractivity contribution is -0.117. The van der Waals surface area contributed by atoms with Crippen molar-refractivity contribution in [3.05, 3.63) is 11.7 Å². The topological polar surface area (TPSA) is 94.0 Å². The quantitative estimate of drug-likeness (QED) is 0.592. The number of nitrogens with two attached hydrogens (primary N) is 1. The highest BCUT2D eigenvalue weighted by molar-refractivity contribution is 5.73. The van der Waals surface area contributed by atoms with Crippen LogP contribution in [0.2, 0.25) is 0 Å². The number of hydrogen-bond donors (Lipinski definition) is 2. The van der Waals surface area contributed by atoms with Crippen LogP contribution in [0.3, 0.4) is 0 Å². The SMILES string of the molecule is Cc1nc(CNCCC(N)=O)no1. The van der Waals surface area contributed by atoms with E-state index >= 15 is 0 Å². The molecule has 72 valence electrons. The number of nitrogens with zero attached hydrogens (tertiary/aromatic N) is 2. The standard InChI is InChI=1S/C7H12N4O2/c1-5-10-7(11-13-5)4-9-3-2-6(8)12/h9H,2-4H2,1H3,(H2,8,12). The predicted octanol–water partition coefficient (Wildman–Crippen LogP) is -0.657. The Morgan fingerprint density at radius 1 is 1.69 bits per heavy atom. The van der Waals surface area contributed by atoms with E-state index in [0.29, 0.717) is 31.2 Å². The summed E-state index contributed by atoms with van der Waals surface area (Å²) < 4.78 is 4.75. The van der Waals surface area contributed by atoms with Gasteiger partial charge in [0.25, 0.3) is 0 Å². The first-order valence-electron chi connectivity index (χ1n) is 3.96. The smallest absolute Gasteiger partial charge is 0.223 e. The second kappa shape index (κ2) is 4.56. The summed E-state index contributed by atoms with van der Waals surface area (Å²) in [4.78, 5) is 14.3. The van der Waals surface area contributed by atoms with Gasteiger partial charge in [-0.15, -0.1) is 0 Å². The van der Waals surface area contributed by atoms with Crippen LogP contribution in [0.1, 0.15) is 18.1 Å². The number of hydrogen-bond acceptors (Lipinski definition) is 5. The van der Waals surface area contributed by atoms with Crippen molar-refractivity contribution in [2.75, 3.05) is 6.54 Å². The van der Waals surface area contributed by atoms with Gasteiger partial charge in [0.15, 0.2) is 5.82 Å². The van der Waals surface area contributed by atoms with Crippen molar-refractivity contribution in [2.24, 2.45) is 5.73 Å². The average Bonchev–Trinajstić information content (AvgIpc) is 2.45. The molecule has 6 nitrogen and oxygen atoms in total. The van der Waals surface area contributed by atoms with Gasteiger partial charge < -0.3 is 15.6 Å². The van der Waals surface area contributed by atoms with Gasteiger partial charge in [0.05, 0.1) is 6.54 Å². The van der Waals surface area contributed by atoms with Gasteiger partial charge in [-0.05, 0) is 0 Å². The van der Waals surface area contributed by atoms with E-state index in [-0.39, 0.29) is 5.91 Å². The molecule has 1 amide bonds.